The molecule has 6 rings (SSSR count). The maximum Gasteiger partial charge on any atom is 0.167 e. The second-order valence-electron chi connectivity index (χ2n) is 7.31. The molecule has 0 saturated heterocycles. The summed E-state index contributed by atoms with van der Waals surface area (Å²) in [6.07, 6.45) is 5.22. The number of pyridine rings is 2. The van der Waals surface area contributed by atoms with Crippen LogP contribution in [0.1, 0.15) is 11.6 Å². The van der Waals surface area contributed by atoms with Crippen LogP contribution in [0.3, 0.4) is 0 Å². The minimum absolute atomic E-state index is 0.124. The van der Waals surface area contributed by atoms with Gasteiger partial charge in [-0.2, -0.15) is 5.10 Å². The van der Waals surface area contributed by atoms with Crippen molar-refractivity contribution in [2.45, 2.75) is 6.04 Å². The Balaban J connectivity index is 1.64. The minimum atomic E-state index is -0.124. The SMILES string of the molecule is Nc1ncccc1-c1nc2ccc(-n3cccn3)nc2n1-c1ccc2c(c1)OCC2N. The van der Waals surface area contributed by atoms with E-state index in [4.69, 9.17) is 26.2 Å². The quantitative estimate of drug-likeness (QED) is 0.469. The molecule has 4 aromatic heterocycles. The number of nitrogens with zero attached hydrogens (tertiary/aromatic N) is 6. The molecule has 5 heterocycles. The van der Waals surface area contributed by atoms with Crippen molar-refractivity contribution in [3.05, 3.63) is 72.7 Å². The monoisotopic (exact) mass is 410 g/mol. The zero-order valence-electron chi connectivity index (χ0n) is 16.4. The first-order valence-electron chi connectivity index (χ1n) is 9.82. The number of rotatable bonds is 3. The zero-order chi connectivity index (χ0) is 20.9. The lowest BCUT2D eigenvalue weighted by Crippen LogP contribution is -2.10. The van der Waals surface area contributed by atoms with Gasteiger partial charge in [0, 0.05) is 30.2 Å². The topological polar surface area (TPSA) is 123 Å². The first kappa shape index (κ1) is 17.6. The molecular weight excluding hydrogens is 392 g/mol. The molecule has 9 nitrogen and oxygen atoms in total. The highest BCUT2D eigenvalue weighted by Gasteiger charge is 2.23. The van der Waals surface area contributed by atoms with Gasteiger partial charge in [-0.1, -0.05) is 6.07 Å². The first-order valence-corrected chi connectivity index (χ1v) is 9.82. The van der Waals surface area contributed by atoms with Gasteiger partial charge in [0.1, 0.15) is 23.7 Å². The number of hydrogen-bond donors (Lipinski definition) is 2. The number of aromatic nitrogens is 6. The molecule has 0 amide bonds. The second-order valence-corrected chi connectivity index (χ2v) is 7.31. The van der Waals surface area contributed by atoms with Crippen LogP contribution in [0.2, 0.25) is 0 Å². The second kappa shape index (κ2) is 6.64. The number of anilines is 1. The van der Waals surface area contributed by atoms with Gasteiger partial charge < -0.3 is 16.2 Å². The highest BCUT2D eigenvalue weighted by atomic mass is 16.5. The smallest absolute Gasteiger partial charge is 0.167 e. The van der Waals surface area contributed by atoms with E-state index < -0.39 is 0 Å². The lowest BCUT2D eigenvalue weighted by molar-refractivity contribution is 0.333. The van der Waals surface area contributed by atoms with Crippen LogP contribution in [-0.4, -0.2) is 35.9 Å². The van der Waals surface area contributed by atoms with Crippen LogP contribution in [0.25, 0.3) is 34.1 Å². The molecule has 1 unspecified atom stereocenters. The third kappa shape index (κ3) is 2.75. The molecule has 31 heavy (non-hydrogen) atoms. The predicted octanol–water partition coefficient (Wildman–Crippen LogP) is 2.64. The Labute approximate surface area is 176 Å². The van der Waals surface area contributed by atoms with E-state index in [1.807, 2.05) is 59.3 Å². The molecule has 0 aliphatic carbocycles. The number of nitrogens with two attached hydrogens (primary N) is 2. The van der Waals surface area contributed by atoms with Crippen molar-refractivity contribution >= 4 is 17.0 Å². The van der Waals surface area contributed by atoms with Crippen molar-refractivity contribution in [1.29, 1.82) is 0 Å². The maximum atomic E-state index is 6.20. The normalized spacial score (nSPS) is 15.2. The number of fused-ring (bicyclic) bond motifs is 2. The van der Waals surface area contributed by atoms with E-state index in [2.05, 4.69) is 10.1 Å². The van der Waals surface area contributed by atoms with Crippen LogP contribution in [0.4, 0.5) is 5.82 Å². The number of benzene rings is 1. The summed E-state index contributed by atoms with van der Waals surface area (Å²) in [4.78, 5) is 13.9. The van der Waals surface area contributed by atoms with Gasteiger partial charge in [0.15, 0.2) is 17.3 Å². The average molecular weight is 410 g/mol. The van der Waals surface area contributed by atoms with E-state index in [0.29, 0.717) is 29.7 Å². The van der Waals surface area contributed by atoms with Crippen LogP contribution < -0.4 is 16.2 Å². The van der Waals surface area contributed by atoms with Crippen LogP contribution in [0.15, 0.2) is 67.1 Å². The summed E-state index contributed by atoms with van der Waals surface area (Å²) in [5.74, 6) is 2.49. The summed E-state index contributed by atoms with van der Waals surface area (Å²) in [7, 11) is 0. The lowest BCUT2D eigenvalue weighted by atomic mass is 10.1. The van der Waals surface area contributed by atoms with E-state index in [0.717, 1.165) is 28.1 Å². The van der Waals surface area contributed by atoms with Gasteiger partial charge in [-0.25, -0.2) is 19.6 Å². The van der Waals surface area contributed by atoms with Crippen molar-refractivity contribution in [3.8, 4) is 28.6 Å². The van der Waals surface area contributed by atoms with Crippen molar-refractivity contribution in [2.75, 3.05) is 12.3 Å². The molecule has 5 aromatic rings. The Bertz CT molecular complexity index is 1420. The van der Waals surface area contributed by atoms with Gasteiger partial charge in [0.25, 0.3) is 0 Å². The molecule has 0 bridgehead atoms. The number of nitrogen functional groups attached to an aromatic ring is 1. The maximum absolute atomic E-state index is 6.20. The third-order valence-corrected chi connectivity index (χ3v) is 5.38. The fourth-order valence-electron chi connectivity index (χ4n) is 3.87. The predicted molar refractivity (Wildman–Crippen MR) is 116 cm³/mol. The van der Waals surface area contributed by atoms with Gasteiger partial charge in [-0.05, 0) is 36.4 Å². The lowest BCUT2D eigenvalue weighted by Gasteiger charge is -2.12. The molecule has 1 aromatic carbocycles. The molecule has 0 spiro atoms. The Morgan fingerprint density at radius 3 is 2.81 bits per heavy atom. The Morgan fingerprint density at radius 2 is 1.97 bits per heavy atom. The molecular formula is C22H18N8O. The summed E-state index contributed by atoms with van der Waals surface area (Å²) in [5.41, 5.74) is 16.3. The molecule has 1 atom stereocenters. The molecule has 0 fully saturated rings. The van der Waals surface area contributed by atoms with Crippen molar-refractivity contribution in [1.82, 2.24) is 29.3 Å². The Morgan fingerprint density at radius 1 is 1.03 bits per heavy atom. The largest absolute Gasteiger partial charge is 0.491 e. The van der Waals surface area contributed by atoms with E-state index in [1.54, 1.807) is 17.1 Å². The highest BCUT2D eigenvalue weighted by molar-refractivity contribution is 5.83. The summed E-state index contributed by atoms with van der Waals surface area (Å²) in [6.45, 7) is 0.466. The van der Waals surface area contributed by atoms with Crippen molar-refractivity contribution < 1.29 is 4.74 Å². The molecule has 0 radical (unpaired) electrons. The molecule has 1 aliphatic rings. The van der Waals surface area contributed by atoms with Gasteiger partial charge in [0.2, 0.25) is 0 Å². The van der Waals surface area contributed by atoms with Crippen molar-refractivity contribution in [2.24, 2.45) is 5.73 Å². The average Bonchev–Trinajstić information content (AvgIpc) is 3.52. The number of imidazole rings is 1. The molecule has 4 N–H and O–H groups in total. The molecule has 1 aliphatic heterocycles. The Hall–Kier alpha value is -4.24. The molecule has 9 heteroatoms. The summed E-state index contributed by atoms with van der Waals surface area (Å²) >= 11 is 0. The molecule has 152 valence electrons. The van der Waals surface area contributed by atoms with Crippen LogP contribution in [-0.2, 0) is 0 Å². The van der Waals surface area contributed by atoms with Crippen LogP contribution in [0, 0.1) is 0 Å². The van der Waals surface area contributed by atoms with E-state index in [9.17, 15) is 0 Å². The van der Waals surface area contributed by atoms with E-state index >= 15 is 0 Å². The Kier molecular flexibility index (Phi) is 3.77. The van der Waals surface area contributed by atoms with E-state index in [-0.39, 0.29) is 6.04 Å². The third-order valence-electron chi connectivity index (χ3n) is 5.38. The first-order chi connectivity index (χ1) is 15.2. The standard InChI is InChI=1S/C22H18N8O/c23-16-12-31-18-11-13(4-5-14(16)18)30-21(15-3-1-8-25-20(15)24)27-17-6-7-19(28-22(17)30)29-10-2-9-26-29/h1-11,16H,12,23H2,(H2,24,25). The van der Waals surface area contributed by atoms with Crippen molar-refractivity contribution in [3.63, 3.8) is 0 Å². The molecule has 0 saturated carbocycles. The number of hydrogen-bond acceptors (Lipinski definition) is 7. The summed E-state index contributed by atoms with van der Waals surface area (Å²) in [5, 5.41) is 4.29. The fourth-order valence-corrected chi connectivity index (χ4v) is 3.87. The highest BCUT2D eigenvalue weighted by Crippen LogP contribution is 2.36. The van der Waals surface area contributed by atoms with Gasteiger partial charge in [0.05, 0.1) is 17.3 Å². The summed E-state index contributed by atoms with van der Waals surface area (Å²) in [6, 6.07) is 15.2. The van der Waals surface area contributed by atoms with Crippen LogP contribution >= 0.6 is 0 Å². The van der Waals surface area contributed by atoms with E-state index in [1.165, 1.54) is 0 Å². The summed E-state index contributed by atoms with van der Waals surface area (Å²) < 4.78 is 9.45. The van der Waals surface area contributed by atoms with Gasteiger partial charge in [-0.15, -0.1) is 0 Å². The van der Waals surface area contributed by atoms with Gasteiger partial charge >= 0.3 is 0 Å². The van der Waals surface area contributed by atoms with Crippen LogP contribution in [0.5, 0.6) is 5.75 Å². The number of ether oxygens (including phenoxy) is 1. The minimum Gasteiger partial charge on any atom is -0.491 e. The van der Waals surface area contributed by atoms with Gasteiger partial charge in [-0.3, -0.25) is 4.57 Å². The fraction of sp³-hybridized carbons (Fsp3) is 0.0909. The zero-order valence-corrected chi connectivity index (χ0v) is 16.4.